The van der Waals surface area contributed by atoms with Crippen LogP contribution in [0.2, 0.25) is 0 Å². The number of benzene rings is 1. The maximum Gasteiger partial charge on any atom is 0.319 e. The van der Waals surface area contributed by atoms with Gasteiger partial charge in [-0.1, -0.05) is 22.9 Å². The summed E-state index contributed by atoms with van der Waals surface area (Å²) in [6.07, 6.45) is 1.68. The van der Waals surface area contributed by atoms with Gasteiger partial charge in [-0.2, -0.15) is 0 Å². The van der Waals surface area contributed by atoms with Crippen molar-refractivity contribution in [3.63, 3.8) is 0 Å². The van der Waals surface area contributed by atoms with Gasteiger partial charge in [-0.25, -0.2) is 4.79 Å². The van der Waals surface area contributed by atoms with E-state index in [0.29, 0.717) is 18.8 Å². The predicted molar refractivity (Wildman–Crippen MR) is 83.2 cm³/mol. The molecule has 0 saturated carbocycles. The Labute approximate surface area is 126 Å². The van der Waals surface area contributed by atoms with Crippen molar-refractivity contribution in [2.45, 2.75) is 26.7 Å². The molecule has 2 rings (SSSR count). The van der Waals surface area contributed by atoms with Crippen molar-refractivity contribution in [1.29, 1.82) is 0 Å². The third kappa shape index (κ3) is 3.12. The summed E-state index contributed by atoms with van der Waals surface area (Å²) in [4.78, 5) is 25.2. The molecule has 0 spiro atoms. The van der Waals surface area contributed by atoms with Crippen LogP contribution in [0.5, 0.6) is 0 Å². The largest absolute Gasteiger partial charge is 0.338 e. The number of carbonyl (C=O) groups is 2. The van der Waals surface area contributed by atoms with Crippen LogP contribution in [0, 0.1) is 0 Å². The first kappa shape index (κ1) is 14.8. The Morgan fingerprint density at radius 2 is 2.15 bits per heavy atom. The zero-order chi connectivity index (χ0) is 14.7. The lowest BCUT2D eigenvalue weighted by Gasteiger charge is -2.19. The molecule has 108 valence electrons. The molecule has 6 heteroatoms. The summed E-state index contributed by atoms with van der Waals surface area (Å²) in [7, 11) is 0. The number of carbonyl (C=O) groups excluding carboxylic acids is 2. The molecule has 1 heterocycles. The fraction of sp³-hybridized carbons (Fsp3) is 0.429. The van der Waals surface area contributed by atoms with Gasteiger partial charge in [0.2, 0.25) is 5.91 Å². The summed E-state index contributed by atoms with van der Waals surface area (Å²) in [6, 6.07) is 3.57. The summed E-state index contributed by atoms with van der Waals surface area (Å²) in [6.45, 7) is 4.82. The van der Waals surface area contributed by atoms with E-state index in [9.17, 15) is 9.59 Å². The van der Waals surface area contributed by atoms with E-state index in [-0.39, 0.29) is 11.9 Å². The van der Waals surface area contributed by atoms with Gasteiger partial charge in [0.05, 0.1) is 11.4 Å². The Morgan fingerprint density at radius 1 is 1.40 bits per heavy atom. The topological polar surface area (TPSA) is 61.4 Å². The predicted octanol–water partition coefficient (Wildman–Crippen LogP) is 2.89. The molecule has 0 fully saturated rings. The quantitative estimate of drug-likeness (QED) is 0.889. The van der Waals surface area contributed by atoms with E-state index in [0.717, 1.165) is 28.6 Å². The Morgan fingerprint density at radius 3 is 2.80 bits per heavy atom. The Kier molecular flexibility index (Phi) is 4.65. The van der Waals surface area contributed by atoms with Crippen LogP contribution in [-0.2, 0) is 11.2 Å². The fourth-order valence-corrected chi connectivity index (χ4v) is 2.83. The first-order chi connectivity index (χ1) is 9.52. The van der Waals surface area contributed by atoms with Gasteiger partial charge in [0.1, 0.15) is 0 Å². The van der Waals surface area contributed by atoms with E-state index in [2.05, 4.69) is 26.6 Å². The number of nitrogens with one attached hydrogen (secondary N) is 2. The highest BCUT2D eigenvalue weighted by molar-refractivity contribution is 9.10. The van der Waals surface area contributed by atoms with Gasteiger partial charge in [0, 0.05) is 24.5 Å². The third-order valence-corrected chi connectivity index (χ3v) is 3.65. The minimum absolute atomic E-state index is 0.0110. The highest BCUT2D eigenvalue weighted by Gasteiger charge is 2.26. The second-order valence-electron chi connectivity index (χ2n) is 4.76. The Bertz CT molecular complexity index is 545. The molecule has 0 bridgehead atoms. The summed E-state index contributed by atoms with van der Waals surface area (Å²) >= 11 is 3.44. The number of amides is 3. The second-order valence-corrected chi connectivity index (χ2v) is 5.68. The monoisotopic (exact) mass is 339 g/mol. The van der Waals surface area contributed by atoms with Crippen LogP contribution in [0.4, 0.5) is 16.2 Å². The lowest BCUT2D eigenvalue weighted by molar-refractivity contribution is -0.116. The average molecular weight is 340 g/mol. The number of halogens is 1. The molecule has 3 amide bonds. The van der Waals surface area contributed by atoms with Gasteiger partial charge in [0.25, 0.3) is 0 Å². The van der Waals surface area contributed by atoms with E-state index in [1.807, 2.05) is 19.1 Å². The molecule has 0 radical (unpaired) electrons. The molecule has 5 nitrogen and oxygen atoms in total. The smallest absolute Gasteiger partial charge is 0.319 e. The molecular formula is C14H18BrN3O2. The van der Waals surface area contributed by atoms with Crippen LogP contribution >= 0.6 is 15.9 Å². The molecule has 2 N–H and O–H groups in total. The van der Waals surface area contributed by atoms with Crippen molar-refractivity contribution >= 4 is 39.2 Å². The zero-order valence-corrected chi connectivity index (χ0v) is 13.2. The van der Waals surface area contributed by atoms with Gasteiger partial charge in [-0.15, -0.1) is 0 Å². The summed E-state index contributed by atoms with van der Waals surface area (Å²) in [5.74, 6) is -0.0110. The van der Waals surface area contributed by atoms with Crippen molar-refractivity contribution in [2.75, 3.05) is 23.3 Å². The van der Waals surface area contributed by atoms with Gasteiger partial charge >= 0.3 is 6.03 Å². The number of hydrogen-bond acceptors (Lipinski definition) is 2. The molecule has 20 heavy (non-hydrogen) atoms. The Hall–Kier alpha value is -1.56. The number of urea groups is 1. The highest BCUT2D eigenvalue weighted by Crippen LogP contribution is 2.38. The standard InChI is InChI=1S/C14H18BrN3O2/c1-3-5-16-14(20)17-12-8-11(15)7-10-4-6-18(9(2)19)13(10)12/h7-8H,3-6H2,1-2H3,(H2,16,17,20). The summed E-state index contributed by atoms with van der Waals surface area (Å²) < 4.78 is 0.896. The zero-order valence-electron chi connectivity index (χ0n) is 11.6. The normalized spacial score (nSPS) is 13.1. The van der Waals surface area contributed by atoms with Gasteiger partial charge in [-0.3, -0.25) is 4.79 Å². The lowest BCUT2D eigenvalue weighted by Crippen LogP contribution is -2.31. The van der Waals surface area contributed by atoms with E-state index in [1.165, 1.54) is 6.92 Å². The van der Waals surface area contributed by atoms with E-state index in [4.69, 9.17) is 0 Å². The number of rotatable bonds is 3. The van der Waals surface area contributed by atoms with Crippen molar-refractivity contribution in [3.05, 3.63) is 22.2 Å². The third-order valence-electron chi connectivity index (χ3n) is 3.19. The van der Waals surface area contributed by atoms with E-state index < -0.39 is 0 Å². The van der Waals surface area contributed by atoms with E-state index >= 15 is 0 Å². The van der Waals surface area contributed by atoms with Crippen molar-refractivity contribution in [2.24, 2.45) is 0 Å². The summed E-state index contributed by atoms with van der Waals surface area (Å²) in [5.41, 5.74) is 2.54. The molecule has 0 aliphatic carbocycles. The first-order valence-electron chi connectivity index (χ1n) is 6.68. The molecular weight excluding hydrogens is 322 g/mol. The minimum atomic E-state index is -0.248. The number of nitrogens with zero attached hydrogens (tertiary/aromatic N) is 1. The van der Waals surface area contributed by atoms with Gasteiger partial charge < -0.3 is 15.5 Å². The molecule has 0 aromatic heterocycles. The molecule has 0 saturated heterocycles. The maximum atomic E-state index is 11.8. The number of fused-ring (bicyclic) bond motifs is 1. The maximum absolute atomic E-state index is 11.8. The SMILES string of the molecule is CCCNC(=O)Nc1cc(Br)cc2c1N(C(C)=O)CC2. The van der Waals surface area contributed by atoms with Crippen molar-refractivity contribution in [3.8, 4) is 0 Å². The van der Waals surface area contributed by atoms with Gasteiger partial charge in [-0.05, 0) is 30.5 Å². The fourth-order valence-electron chi connectivity index (χ4n) is 2.32. The number of hydrogen-bond donors (Lipinski definition) is 2. The second kappa shape index (κ2) is 6.26. The number of anilines is 2. The molecule has 1 aliphatic heterocycles. The molecule has 0 atom stereocenters. The van der Waals surface area contributed by atoms with Crippen molar-refractivity contribution in [1.82, 2.24) is 5.32 Å². The Balaban J connectivity index is 2.29. The highest BCUT2D eigenvalue weighted by atomic mass is 79.9. The lowest BCUT2D eigenvalue weighted by atomic mass is 10.1. The first-order valence-corrected chi connectivity index (χ1v) is 7.47. The minimum Gasteiger partial charge on any atom is -0.338 e. The van der Waals surface area contributed by atoms with Crippen LogP contribution in [0.1, 0.15) is 25.8 Å². The van der Waals surface area contributed by atoms with Crippen LogP contribution in [0.25, 0.3) is 0 Å². The summed E-state index contributed by atoms with van der Waals surface area (Å²) in [5, 5.41) is 5.60. The van der Waals surface area contributed by atoms with Gasteiger partial charge in [0.15, 0.2) is 0 Å². The molecule has 0 unspecified atom stereocenters. The van der Waals surface area contributed by atoms with Crippen LogP contribution in [0.15, 0.2) is 16.6 Å². The molecule has 1 aromatic carbocycles. The average Bonchev–Trinajstić information content (AvgIpc) is 2.80. The van der Waals surface area contributed by atoms with Crippen LogP contribution in [-0.4, -0.2) is 25.0 Å². The molecule has 1 aliphatic rings. The van der Waals surface area contributed by atoms with Crippen molar-refractivity contribution < 1.29 is 9.59 Å². The molecule has 1 aromatic rings. The van der Waals surface area contributed by atoms with E-state index in [1.54, 1.807) is 4.90 Å². The van der Waals surface area contributed by atoms with Crippen LogP contribution in [0.3, 0.4) is 0 Å². The van der Waals surface area contributed by atoms with Crippen LogP contribution < -0.4 is 15.5 Å².